The SMILES string of the molecule is CN(C)C(=O)N(C)C1CCCN(c2nc3ccc(Cl)cc3o2)C1. The minimum Gasteiger partial charge on any atom is -0.423 e. The van der Waals surface area contributed by atoms with Crippen LogP contribution in [0.25, 0.3) is 11.1 Å². The van der Waals surface area contributed by atoms with E-state index >= 15 is 0 Å². The molecule has 3 rings (SSSR count). The molecule has 0 saturated carbocycles. The van der Waals surface area contributed by atoms with E-state index in [0.717, 1.165) is 31.4 Å². The average Bonchev–Trinajstić information content (AvgIpc) is 2.96. The van der Waals surface area contributed by atoms with Gasteiger partial charge in [0.2, 0.25) is 0 Å². The quantitative estimate of drug-likeness (QED) is 0.845. The first-order chi connectivity index (χ1) is 11.0. The van der Waals surface area contributed by atoms with Crippen LogP contribution >= 0.6 is 11.6 Å². The molecule has 0 bridgehead atoms. The van der Waals surface area contributed by atoms with Crippen molar-refractivity contribution in [3.63, 3.8) is 0 Å². The first kappa shape index (κ1) is 15.9. The summed E-state index contributed by atoms with van der Waals surface area (Å²) in [4.78, 5) is 22.2. The number of aromatic nitrogens is 1. The highest BCUT2D eigenvalue weighted by Gasteiger charge is 2.29. The molecule has 1 aliphatic rings. The molecule has 1 aromatic heterocycles. The van der Waals surface area contributed by atoms with E-state index in [-0.39, 0.29) is 12.1 Å². The number of carbonyl (C=O) groups excluding carboxylic acids is 1. The Kier molecular flexibility index (Phi) is 4.35. The van der Waals surface area contributed by atoms with E-state index in [1.807, 2.05) is 13.1 Å². The van der Waals surface area contributed by atoms with Crippen LogP contribution in [0.15, 0.2) is 22.6 Å². The molecule has 0 radical (unpaired) electrons. The van der Waals surface area contributed by atoms with Crippen LogP contribution in [0.4, 0.5) is 10.8 Å². The largest absolute Gasteiger partial charge is 0.423 e. The van der Waals surface area contributed by atoms with Crippen molar-refractivity contribution in [1.29, 1.82) is 0 Å². The van der Waals surface area contributed by atoms with Crippen LogP contribution in [0, 0.1) is 0 Å². The summed E-state index contributed by atoms with van der Waals surface area (Å²) in [6.45, 7) is 1.59. The van der Waals surface area contributed by atoms with Gasteiger partial charge in [-0.25, -0.2) is 4.79 Å². The van der Waals surface area contributed by atoms with Crippen molar-refractivity contribution in [1.82, 2.24) is 14.8 Å². The summed E-state index contributed by atoms with van der Waals surface area (Å²) < 4.78 is 5.84. The van der Waals surface area contributed by atoms with Crippen LogP contribution in [0.3, 0.4) is 0 Å². The molecule has 0 aliphatic carbocycles. The van der Waals surface area contributed by atoms with Gasteiger partial charge in [0.25, 0.3) is 6.01 Å². The molecule has 2 amide bonds. The van der Waals surface area contributed by atoms with Gasteiger partial charge >= 0.3 is 6.03 Å². The summed E-state index contributed by atoms with van der Waals surface area (Å²) in [5, 5.41) is 0.632. The number of anilines is 1. The summed E-state index contributed by atoms with van der Waals surface area (Å²) in [7, 11) is 5.39. The highest BCUT2D eigenvalue weighted by molar-refractivity contribution is 6.31. The van der Waals surface area contributed by atoms with Gasteiger partial charge in [0.15, 0.2) is 5.58 Å². The number of piperidine rings is 1. The van der Waals surface area contributed by atoms with Gasteiger partial charge in [-0.05, 0) is 25.0 Å². The molecule has 1 saturated heterocycles. The number of benzene rings is 1. The number of hydrogen-bond donors (Lipinski definition) is 0. The van der Waals surface area contributed by atoms with Gasteiger partial charge in [0.05, 0.1) is 6.04 Å². The molecular weight excluding hydrogens is 316 g/mol. The van der Waals surface area contributed by atoms with E-state index in [9.17, 15) is 4.79 Å². The monoisotopic (exact) mass is 336 g/mol. The molecule has 23 heavy (non-hydrogen) atoms. The van der Waals surface area contributed by atoms with Gasteiger partial charge in [-0.1, -0.05) is 11.6 Å². The lowest BCUT2D eigenvalue weighted by Crippen LogP contribution is -2.51. The lowest BCUT2D eigenvalue weighted by Gasteiger charge is -2.37. The third-order valence-corrected chi connectivity index (χ3v) is 4.47. The summed E-state index contributed by atoms with van der Waals surface area (Å²) in [6.07, 6.45) is 1.98. The van der Waals surface area contributed by atoms with Crippen molar-refractivity contribution in [3.8, 4) is 0 Å². The topological polar surface area (TPSA) is 52.8 Å². The second-order valence-electron chi connectivity index (χ2n) is 6.14. The fraction of sp³-hybridized carbons (Fsp3) is 0.500. The molecule has 1 atom stereocenters. The van der Waals surface area contributed by atoms with Crippen LogP contribution in [0.5, 0.6) is 0 Å². The lowest BCUT2D eigenvalue weighted by atomic mass is 10.1. The lowest BCUT2D eigenvalue weighted by molar-refractivity contribution is 0.157. The van der Waals surface area contributed by atoms with Crippen LogP contribution in [0.2, 0.25) is 5.02 Å². The molecule has 1 aromatic carbocycles. The summed E-state index contributed by atoms with van der Waals surface area (Å²) >= 11 is 5.99. The predicted molar refractivity (Wildman–Crippen MR) is 91.1 cm³/mol. The Morgan fingerprint density at radius 2 is 2.17 bits per heavy atom. The zero-order valence-corrected chi connectivity index (χ0v) is 14.4. The Hall–Kier alpha value is -1.95. The van der Waals surface area contributed by atoms with Crippen LogP contribution < -0.4 is 4.90 Å². The number of carbonyl (C=O) groups is 1. The highest BCUT2D eigenvalue weighted by atomic mass is 35.5. The molecule has 6 nitrogen and oxygen atoms in total. The van der Waals surface area contributed by atoms with Crippen molar-refractivity contribution < 1.29 is 9.21 Å². The number of urea groups is 1. The molecule has 7 heteroatoms. The van der Waals surface area contributed by atoms with E-state index < -0.39 is 0 Å². The summed E-state index contributed by atoms with van der Waals surface area (Å²) in [6, 6.07) is 6.19. The summed E-state index contributed by atoms with van der Waals surface area (Å²) in [5.74, 6) is 0. The van der Waals surface area contributed by atoms with Crippen molar-refractivity contribution in [2.24, 2.45) is 0 Å². The minimum absolute atomic E-state index is 0.0150. The third kappa shape index (κ3) is 3.22. The smallest absolute Gasteiger partial charge is 0.319 e. The van der Waals surface area contributed by atoms with Crippen LogP contribution in [-0.4, -0.2) is 61.1 Å². The van der Waals surface area contributed by atoms with Gasteiger partial charge in [0.1, 0.15) is 5.52 Å². The fourth-order valence-corrected chi connectivity index (χ4v) is 3.10. The standard InChI is InChI=1S/C16H21ClN4O2/c1-19(2)16(22)20(3)12-5-4-8-21(10-12)15-18-13-7-6-11(17)9-14(13)23-15/h6-7,9,12H,4-5,8,10H2,1-3H3. The van der Waals surface area contributed by atoms with Gasteiger partial charge in [-0.3, -0.25) is 0 Å². The molecule has 1 aliphatic heterocycles. The van der Waals surface area contributed by atoms with Crippen molar-refractivity contribution in [2.45, 2.75) is 18.9 Å². The highest BCUT2D eigenvalue weighted by Crippen LogP contribution is 2.27. The van der Waals surface area contributed by atoms with Gasteiger partial charge < -0.3 is 19.1 Å². The van der Waals surface area contributed by atoms with Crippen molar-refractivity contribution in [2.75, 3.05) is 39.1 Å². The number of amides is 2. The molecular formula is C16H21ClN4O2. The van der Waals surface area contributed by atoms with Gasteiger partial charge in [-0.15, -0.1) is 0 Å². The number of rotatable bonds is 2. The number of hydrogen-bond acceptors (Lipinski definition) is 4. The number of halogens is 1. The van der Waals surface area contributed by atoms with E-state index in [4.69, 9.17) is 16.0 Å². The Morgan fingerprint density at radius 1 is 1.39 bits per heavy atom. The van der Waals surface area contributed by atoms with Crippen LogP contribution in [0.1, 0.15) is 12.8 Å². The first-order valence-corrected chi connectivity index (χ1v) is 8.08. The first-order valence-electron chi connectivity index (χ1n) is 7.71. The molecule has 2 aromatic rings. The van der Waals surface area contributed by atoms with Crippen molar-refractivity contribution in [3.05, 3.63) is 23.2 Å². The molecule has 124 valence electrons. The Morgan fingerprint density at radius 3 is 2.91 bits per heavy atom. The zero-order valence-electron chi connectivity index (χ0n) is 13.6. The second-order valence-corrected chi connectivity index (χ2v) is 6.57. The predicted octanol–water partition coefficient (Wildman–Crippen LogP) is 3.06. The number of fused-ring (bicyclic) bond motifs is 1. The average molecular weight is 337 g/mol. The third-order valence-electron chi connectivity index (χ3n) is 4.24. The normalized spacial score (nSPS) is 18.3. The van der Waals surface area contributed by atoms with Gasteiger partial charge in [-0.2, -0.15) is 4.98 Å². The summed E-state index contributed by atoms with van der Waals surface area (Å²) in [5.41, 5.74) is 1.48. The van der Waals surface area contributed by atoms with Crippen LogP contribution in [-0.2, 0) is 0 Å². The van der Waals surface area contributed by atoms with E-state index in [1.165, 1.54) is 0 Å². The Bertz CT molecular complexity index is 715. The van der Waals surface area contributed by atoms with E-state index in [0.29, 0.717) is 16.6 Å². The van der Waals surface area contributed by atoms with E-state index in [1.54, 1.807) is 36.0 Å². The maximum Gasteiger partial charge on any atom is 0.319 e. The molecule has 0 N–H and O–H groups in total. The Labute approximate surface area is 140 Å². The molecule has 1 fully saturated rings. The van der Waals surface area contributed by atoms with Crippen molar-refractivity contribution >= 4 is 34.7 Å². The number of likely N-dealkylation sites (N-methyl/N-ethyl adjacent to an activating group) is 1. The number of oxazole rings is 1. The minimum atomic E-state index is 0.0150. The molecule has 1 unspecified atom stereocenters. The fourth-order valence-electron chi connectivity index (χ4n) is 2.94. The maximum absolute atomic E-state index is 12.1. The molecule has 2 heterocycles. The number of nitrogens with zero attached hydrogens (tertiary/aromatic N) is 4. The second kappa shape index (κ2) is 6.28. The maximum atomic E-state index is 12.1. The molecule has 0 spiro atoms. The van der Waals surface area contributed by atoms with E-state index in [2.05, 4.69) is 9.88 Å². The zero-order chi connectivity index (χ0) is 16.6. The Balaban J connectivity index is 1.78. The van der Waals surface area contributed by atoms with Gasteiger partial charge in [0, 0.05) is 45.3 Å².